The lowest BCUT2D eigenvalue weighted by Crippen LogP contribution is -2.21. The highest BCUT2D eigenvalue weighted by atomic mass is 35.5. The summed E-state index contributed by atoms with van der Waals surface area (Å²) in [5, 5.41) is 0. The van der Waals surface area contributed by atoms with Crippen molar-refractivity contribution in [2.45, 2.75) is 0 Å². The minimum Gasteiger partial charge on any atom is -0.316 e. The highest BCUT2D eigenvalue weighted by Crippen LogP contribution is 2.15. The maximum absolute atomic E-state index is 5.51. The van der Waals surface area contributed by atoms with E-state index >= 15 is 0 Å². The molecule has 1 rings (SSSR count). The van der Waals surface area contributed by atoms with E-state index in [4.69, 9.17) is 11.6 Å². The van der Waals surface area contributed by atoms with Crippen LogP contribution in [0.5, 0.6) is 0 Å². The van der Waals surface area contributed by atoms with Crippen LogP contribution in [0.15, 0.2) is 0 Å². The molecule has 0 N–H and O–H groups in total. The molecule has 0 aliphatic carbocycles. The van der Waals surface area contributed by atoms with Gasteiger partial charge in [-0.05, 0) is 0 Å². The van der Waals surface area contributed by atoms with Gasteiger partial charge in [-0.15, -0.1) is 11.6 Å². The zero-order chi connectivity index (χ0) is 5.33. The van der Waals surface area contributed by atoms with Gasteiger partial charge in [0, 0.05) is 0 Å². The van der Waals surface area contributed by atoms with Gasteiger partial charge in [0.1, 0.15) is 13.1 Å². The second kappa shape index (κ2) is 1.64. The van der Waals surface area contributed by atoms with E-state index in [0.717, 1.165) is 12.4 Å². The molecule has 0 unspecified atom stereocenters. The summed E-state index contributed by atoms with van der Waals surface area (Å²) in [6.45, 7) is 3.83. The van der Waals surface area contributed by atoms with Crippen LogP contribution in [0.3, 0.4) is 0 Å². The Kier molecular flexibility index (Phi) is 1.26. The second-order valence-electron chi connectivity index (χ2n) is 2.48. The maximum Gasteiger partial charge on any atom is 0.128 e. The molecular weight excluding hydrogens is 110 g/mol. The molecule has 7 heavy (non-hydrogen) atoms. The first kappa shape index (κ1) is 5.39. The Bertz CT molecular complexity index is 68.5. The summed E-state index contributed by atoms with van der Waals surface area (Å²) in [5.74, 6) is 0.816. The predicted molar refractivity (Wildman–Crippen MR) is 31.5 cm³/mol. The van der Waals surface area contributed by atoms with Gasteiger partial charge < -0.3 is 4.48 Å². The maximum atomic E-state index is 5.51. The lowest BCUT2D eigenvalue weighted by atomic mass is 10.7. The van der Waals surface area contributed by atoms with Gasteiger partial charge >= 0.3 is 0 Å². The summed E-state index contributed by atoms with van der Waals surface area (Å²) in [6, 6.07) is 0. The average molecular weight is 121 g/mol. The summed E-state index contributed by atoms with van der Waals surface area (Å²) >= 11 is 5.51. The van der Waals surface area contributed by atoms with Crippen molar-refractivity contribution in [3.05, 3.63) is 0 Å². The third-order valence-corrected chi connectivity index (χ3v) is 1.78. The zero-order valence-electron chi connectivity index (χ0n) is 4.65. The molecule has 0 saturated carbocycles. The third-order valence-electron chi connectivity index (χ3n) is 1.61. The first-order valence-electron chi connectivity index (χ1n) is 2.66. The van der Waals surface area contributed by atoms with E-state index in [1.807, 2.05) is 0 Å². The molecule has 0 aromatic carbocycles. The van der Waals surface area contributed by atoms with Crippen molar-refractivity contribution in [1.82, 2.24) is 0 Å². The number of likely N-dealkylation sites (N-methyl/N-ethyl adjacent to an activating group) is 1. The largest absolute Gasteiger partial charge is 0.316 e. The molecule has 0 aromatic rings. The van der Waals surface area contributed by atoms with Crippen LogP contribution in [0.1, 0.15) is 0 Å². The Morgan fingerprint density at radius 3 is 2.29 bits per heavy atom. The van der Waals surface area contributed by atoms with Crippen molar-refractivity contribution in [2.24, 2.45) is 0 Å². The van der Waals surface area contributed by atoms with Crippen molar-refractivity contribution in [3.63, 3.8) is 0 Å². The van der Waals surface area contributed by atoms with Crippen LogP contribution < -0.4 is 0 Å². The molecule has 0 bridgehead atoms. The standard InChI is InChI=1S/C5H11ClN/c1-7(3-2-6)4-5-7/h2-5H2,1H3/q+1. The monoisotopic (exact) mass is 120 g/mol. The van der Waals surface area contributed by atoms with Crippen LogP contribution in [0.4, 0.5) is 0 Å². The fourth-order valence-corrected chi connectivity index (χ4v) is 1.01. The van der Waals surface area contributed by atoms with E-state index in [1.54, 1.807) is 0 Å². The Labute approximate surface area is 49.5 Å². The summed E-state index contributed by atoms with van der Waals surface area (Å²) in [5.41, 5.74) is 0. The molecule has 1 aliphatic heterocycles. The van der Waals surface area contributed by atoms with Crippen LogP contribution in [-0.4, -0.2) is 37.0 Å². The van der Waals surface area contributed by atoms with Crippen molar-refractivity contribution >= 4 is 11.6 Å². The van der Waals surface area contributed by atoms with Crippen LogP contribution in [-0.2, 0) is 0 Å². The minimum absolute atomic E-state index is 0.816. The molecule has 1 aliphatic rings. The molecule has 0 aromatic heterocycles. The van der Waals surface area contributed by atoms with Gasteiger partial charge in [0.15, 0.2) is 0 Å². The van der Waals surface area contributed by atoms with E-state index in [-0.39, 0.29) is 0 Å². The van der Waals surface area contributed by atoms with Gasteiger partial charge in [0.2, 0.25) is 0 Å². The lowest BCUT2D eigenvalue weighted by Gasteiger charge is -2.06. The van der Waals surface area contributed by atoms with E-state index < -0.39 is 0 Å². The molecular formula is C5H11ClN+. The quantitative estimate of drug-likeness (QED) is 0.286. The van der Waals surface area contributed by atoms with Crippen LogP contribution in [0.25, 0.3) is 0 Å². The minimum atomic E-state index is 0.816. The van der Waals surface area contributed by atoms with Crippen molar-refractivity contribution in [2.75, 3.05) is 32.6 Å². The normalized spacial score (nSPS) is 24.9. The smallest absolute Gasteiger partial charge is 0.128 e. The third kappa shape index (κ3) is 1.32. The number of nitrogens with zero attached hydrogens (tertiary/aromatic N) is 1. The molecule has 42 valence electrons. The van der Waals surface area contributed by atoms with Crippen LogP contribution in [0.2, 0.25) is 0 Å². The molecule has 1 saturated heterocycles. The molecule has 2 heteroatoms. The SMILES string of the molecule is C[N+]1(CCCl)CC1. The highest BCUT2D eigenvalue weighted by molar-refractivity contribution is 6.17. The van der Waals surface area contributed by atoms with Gasteiger partial charge in [-0.2, -0.15) is 0 Å². The van der Waals surface area contributed by atoms with Crippen molar-refractivity contribution < 1.29 is 4.48 Å². The summed E-state index contributed by atoms with van der Waals surface area (Å²) in [4.78, 5) is 0. The molecule has 0 atom stereocenters. The summed E-state index contributed by atoms with van der Waals surface area (Å²) in [6.07, 6.45) is 0. The van der Waals surface area contributed by atoms with Gasteiger partial charge in [0.25, 0.3) is 0 Å². The number of hydrogen-bond acceptors (Lipinski definition) is 0. The predicted octanol–water partition coefficient (Wildman–Crippen LogP) is 0.685. The summed E-state index contributed by atoms with van der Waals surface area (Å²) in [7, 11) is 2.24. The molecule has 0 amide bonds. The van der Waals surface area contributed by atoms with E-state index in [2.05, 4.69) is 7.05 Å². The van der Waals surface area contributed by atoms with E-state index in [1.165, 1.54) is 17.6 Å². The van der Waals surface area contributed by atoms with E-state index in [9.17, 15) is 0 Å². The fourth-order valence-electron chi connectivity index (χ4n) is 0.598. The Hall–Kier alpha value is 0.250. The van der Waals surface area contributed by atoms with Gasteiger partial charge in [-0.3, -0.25) is 0 Å². The second-order valence-corrected chi connectivity index (χ2v) is 2.86. The number of rotatable bonds is 2. The molecule has 1 heterocycles. The Morgan fingerprint density at radius 1 is 1.57 bits per heavy atom. The fraction of sp³-hybridized carbons (Fsp3) is 1.00. The van der Waals surface area contributed by atoms with Crippen molar-refractivity contribution in [1.29, 1.82) is 0 Å². The Balaban J connectivity index is 2.13. The van der Waals surface area contributed by atoms with Gasteiger partial charge in [-0.25, -0.2) is 0 Å². The first-order chi connectivity index (χ1) is 3.27. The lowest BCUT2D eigenvalue weighted by molar-refractivity contribution is -0.774. The Morgan fingerprint density at radius 2 is 2.14 bits per heavy atom. The molecule has 0 spiro atoms. The van der Waals surface area contributed by atoms with Crippen LogP contribution >= 0.6 is 11.6 Å². The van der Waals surface area contributed by atoms with E-state index in [0.29, 0.717) is 0 Å². The molecule has 0 radical (unpaired) electrons. The topological polar surface area (TPSA) is 0 Å². The molecule has 1 nitrogen and oxygen atoms in total. The first-order valence-corrected chi connectivity index (χ1v) is 3.20. The average Bonchev–Trinajstić information content (AvgIpc) is 2.22. The highest BCUT2D eigenvalue weighted by Gasteiger charge is 2.35. The van der Waals surface area contributed by atoms with Crippen molar-refractivity contribution in [3.8, 4) is 0 Å². The number of halogens is 1. The summed E-state index contributed by atoms with van der Waals surface area (Å²) < 4.78 is 1.21. The number of alkyl halides is 1. The zero-order valence-corrected chi connectivity index (χ0v) is 5.41. The number of quaternary nitrogens is 1. The molecule has 1 fully saturated rings. The van der Waals surface area contributed by atoms with Gasteiger partial charge in [-0.1, -0.05) is 0 Å². The number of hydrogen-bond donors (Lipinski definition) is 0. The van der Waals surface area contributed by atoms with Gasteiger partial charge in [0.05, 0.1) is 19.5 Å². The van der Waals surface area contributed by atoms with Crippen LogP contribution in [0, 0.1) is 0 Å².